The molecule has 0 saturated heterocycles. The molecule has 2 rings (SSSR count). The van der Waals surface area contributed by atoms with Gasteiger partial charge in [0.05, 0.1) is 11.7 Å². The molecule has 0 spiro atoms. The molecule has 0 radical (unpaired) electrons. The van der Waals surface area contributed by atoms with Crippen molar-refractivity contribution in [2.45, 2.75) is 19.0 Å². The molecule has 2 unspecified atom stereocenters. The van der Waals surface area contributed by atoms with Gasteiger partial charge in [-0.1, -0.05) is 0 Å². The van der Waals surface area contributed by atoms with E-state index in [9.17, 15) is 4.79 Å². The summed E-state index contributed by atoms with van der Waals surface area (Å²) in [5.41, 5.74) is 5.82. The standard InChI is InChI=1S/C10H13N5O2S/c1-5(8-12-2-3-13-8)14-10-15-6(4-18-10)7(11)9(16)17/h2-5,7H,11H2,1H3,(H,12,13)(H,14,15)(H,16,17). The number of hydrogen-bond acceptors (Lipinski definition) is 6. The Morgan fingerprint density at radius 3 is 3.06 bits per heavy atom. The predicted molar refractivity (Wildman–Crippen MR) is 67.3 cm³/mol. The van der Waals surface area contributed by atoms with Crippen LogP contribution in [0, 0.1) is 0 Å². The van der Waals surface area contributed by atoms with Crippen molar-refractivity contribution in [3.63, 3.8) is 0 Å². The van der Waals surface area contributed by atoms with Crippen molar-refractivity contribution in [2.24, 2.45) is 5.73 Å². The number of rotatable bonds is 5. The Kier molecular flexibility index (Phi) is 3.58. The monoisotopic (exact) mass is 267 g/mol. The van der Waals surface area contributed by atoms with Gasteiger partial charge >= 0.3 is 5.97 Å². The molecule has 8 heteroatoms. The van der Waals surface area contributed by atoms with Gasteiger partial charge in [-0.15, -0.1) is 11.3 Å². The number of nitrogens with one attached hydrogen (secondary N) is 2. The Hall–Kier alpha value is -1.93. The lowest BCUT2D eigenvalue weighted by Gasteiger charge is -2.09. The van der Waals surface area contributed by atoms with Crippen molar-refractivity contribution in [3.8, 4) is 0 Å². The third-order valence-electron chi connectivity index (χ3n) is 2.38. The number of nitrogens with zero attached hydrogens (tertiary/aromatic N) is 2. The number of imidazole rings is 1. The average Bonchev–Trinajstić information content (AvgIpc) is 2.98. The zero-order valence-corrected chi connectivity index (χ0v) is 10.4. The number of carboxylic acids is 1. The molecule has 2 aromatic rings. The summed E-state index contributed by atoms with van der Waals surface area (Å²) < 4.78 is 0. The number of nitrogens with two attached hydrogens (primary N) is 1. The number of anilines is 1. The van der Waals surface area contributed by atoms with Crippen molar-refractivity contribution in [3.05, 3.63) is 29.3 Å². The van der Waals surface area contributed by atoms with Gasteiger partial charge in [-0.25, -0.2) is 9.97 Å². The summed E-state index contributed by atoms with van der Waals surface area (Å²) in [6.45, 7) is 1.93. The van der Waals surface area contributed by atoms with Crippen molar-refractivity contribution < 1.29 is 9.90 Å². The molecule has 0 amide bonds. The van der Waals surface area contributed by atoms with Gasteiger partial charge in [-0.05, 0) is 6.92 Å². The molecule has 2 heterocycles. The lowest BCUT2D eigenvalue weighted by molar-refractivity contribution is -0.138. The van der Waals surface area contributed by atoms with Crippen molar-refractivity contribution in [2.75, 3.05) is 5.32 Å². The van der Waals surface area contributed by atoms with Gasteiger partial charge < -0.3 is 21.1 Å². The van der Waals surface area contributed by atoms with Gasteiger partial charge in [0.1, 0.15) is 11.9 Å². The minimum absolute atomic E-state index is 0.0416. The van der Waals surface area contributed by atoms with E-state index in [2.05, 4.69) is 20.3 Å². The summed E-state index contributed by atoms with van der Waals surface area (Å²) in [4.78, 5) is 22.0. The summed E-state index contributed by atoms with van der Waals surface area (Å²) in [5.74, 6) is -0.305. The second-order valence-corrected chi connectivity index (χ2v) is 4.59. The Labute approximate surface area is 107 Å². The van der Waals surface area contributed by atoms with Crippen LogP contribution in [0.4, 0.5) is 5.13 Å². The first-order valence-corrected chi connectivity index (χ1v) is 6.15. The summed E-state index contributed by atoms with van der Waals surface area (Å²) in [6.07, 6.45) is 3.41. The van der Waals surface area contributed by atoms with Crippen LogP contribution in [0.2, 0.25) is 0 Å². The third-order valence-corrected chi connectivity index (χ3v) is 3.17. The number of carboxylic acid groups (broad SMARTS) is 1. The van der Waals surface area contributed by atoms with Crippen LogP contribution in [0.1, 0.15) is 30.5 Å². The fourth-order valence-electron chi connectivity index (χ4n) is 1.39. The normalized spacial score (nSPS) is 14.1. The van der Waals surface area contributed by atoms with E-state index in [1.54, 1.807) is 17.8 Å². The molecule has 0 aliphatic carbocycles. The quantitative estimate of drug-likeness (QED) is 0.645. The van der Waals surface area contributed by atoms with Crippen LogP contribution in [0.5, 0.6) is 0 Å². The van der Waals surface area contributed by atoms with E-state index in [0.29, 0.717) is 10.8 Å². The molecule has 0 aliphatic rings. The first-order valence-electron chi connectivity index (χ1n) is 5.27. The zero-order valence-electron chi connectivity index (χ0n) is 9.62. The fourth-order valence-corrected chi connectivity index (χ4v) is 2.22. The van der Waals surface area contributed by atoms with Crippen LogP contribution >= 0.6 is 11.3 Å². The van der Waals surface area contributed by atoms with E-state index in [1.165, 1.54) is 11.3 Å². The molecule has 18 heavy (non-hydrogen) atoms. The molecule has 5 N–H and O–H groups in total. The molecule has 0 bridgehead atoms. The van der Waals surface area contributed by atoms with Crippen molar-refractivity contribution >= 4 is 22.4 Å². The molecule has 2 aromatic heterocycles. The summed E-state index contributed by atoms with van der Waals surface area (Å²) in [6, 6.07) is -1.13. The summed E-state index contributed by atoms with van der Waals surface area (Å²) in [7, 11) is 0. The number of thiazole rings is 1. The van der Waals surface area contributed by atoms with Crippen LogP contribution in [0.15, 0.2) is 17.8 Å². The fraction of sp³-hybridized carbons (Fsp3) is 0.300. The van der Waals surface area contributed by atoms with Crippen molar-refractivity contribution in [1.82, 2.24) is 15.0 Å². The second-order valence-electron chi connectivity index (χ2n) is 3.73. The van der Waals surface area contributed by atoms with E-state index < -0.39 is 12.0 Å². The number of carbonyl (C=O) groups is 1. The predicted octanol–water partition coefficient (Wildman–Crippen LogP) is 1.12. The Balaban J connectivity index is 2.05. The lowest BCUT2D eigenvalue weighted by atomic mass is 10.2. The third kappa shape index (κ3) is 2.66. The van der Waals surface area contributed by atoms with Gasteiger partial charge in [0, 0.05) is 17.8 Å². The highest BCUT2D eigenvalue weighted by Crippen LogP contribution is 2.23. The smallest absolute Gasteiger partial charge is 0.326 e. The molecule has 0 fully saturated rings. The highest BCUT2D eigenvalue weighted by Gasteiger charge is 2.18. The molecule has 96 valence electrons. The van der Waals surface area contributed by atoms with Crippen LogP contribution in [-0.4, -0.2) is 26.0 Å². The highest BCUT2D eigenvalue weighted by atomic mass is 32.1. The molecule has 0 aromatic carbocycles. The minimum atomic E-state index is -1.09. The molecule has 0 saturated carbocycles. The number of hydrogen-bond donors (Lipinski definition) is 4. The maximum absolute atomic E-state index is 10.7. The van der Waals surface area contributed by atoms with Crippen LogP contribution < -0.4 is 11.1 Å². The van der Waals surface area contributed by atoms with E-state index >= 15 is 0 Å². The highest BCUT2D eigenvalue weighted by molar-refractivity contribution is 7.13. The number of aliphatic carboxylic acids is 1. The Bertz CT molecular complexity index is 524. The number of aromatic nitrogens is 3. The molecule has 2 atom stereocenters. The van der Waals surface area contributed by atoms with Gasteiger partial charge in [0.25, 0.3) is 0 Å². The first kappa shape index (κ1) is 12.5. The first-order chi connectivity index (χ1) is 8.58. The van der Waals surface area contributed by atoms with Crippen molar-refractivity contribution in [1.29, 1.82) is 0 Å². The average molecular weight is 267 g/mol. The summed E-state index contributed by atoms with van der Waals surface area (Å²) in [5, 5.41) is 14.2. The van der Waals surface area contributed by atoms with Gasteiger partial charge in [0.15, 0.2) is 5.13 Å². The lowest BCUT2D eigenvalue weighted by Crippen LogP contribution is -2.21. The zero-order chi connectivity index (χ0) is 13.1. The second kappa shape index (κ2) is 5.15. The van der Waals surface area contributed by atoms with E-state index in [0.717, 1.165) is 5.82 Å². The Morgan fingerprint density at radius 1 is 1.67 bits per heavy atom. The summed E-state index contributed by atoms with van der Waals surface area (Å²) >= 11 is 1.31. The molecular formula is C10H13N5O2S. The van der Waals surface area contributed by atoms with Crippen LogP contribution in [-0.2, 0) is 4.79 Å². The van der Waals surface area contributed by atoms with Gasteiger partial charge in [-0.2, -0.15) is 0 Å². The minimum Gasteiger partial charge on any atom is -0.480 e. The maximum atomic E-state index is 10.7. The van der Waals surface area contributed by atoms with E-state index in [-0.39, 0.29) is 6.04 Å². The molecule has 7 nitrogen and oxygen atoms in total. The Morgan fingerprint density at radius 2 is 2.44 bits per heavy atom. The van der Waals surface area contributed by atoms with Crippen LogP contribution in [0.25, 0.3) is 0 Å². The van der Waals surface area contributed by atoms with E-state index in [1.807, 2.05) is 6.92 Å². The van der Waals surface area contributed by atoms with Gasteiger partial charge in [-0.3, -0.25) is 4.79 Å². The van der Waals surface area contributed by atoms with Crippen LogP contribution in [0.3, 0.4) is 0 Å². The molecule has 0 aliphatic heterocycles. The maximum Gasteiger partial charge on any atom is 0.326 e. The molecular weight excluding hydrogens is 254 g/mol. The number of aromatic amines is 1. The SMILES string of the molecule is CC(Nc1nc(C(N)C(=O)O)cs1)c1ncc[nH]1. The van der Waals surface area contributed by atoms with E-state index in [4.69, 9.17) is 10.8 Å². The van der Waals surface area contributed by atoms with Gasteiger partial charge in [0.2, 0.25) is 0 Å². The topological polar surface area (TPSA) is 117 Å². The number of H-pyrrole nitrogens is 1. The largest absolute Gasteiger partial charge is 0.480 e.